The van der Waals surface area contributed by atoms with Gasteiger partial charge in [0.2, 0.25) is 0 Å². The quantitative estimate of drug-likeness (QED) is 0.708. The standard InChI is InChI=1S/C20H23N5O/c1-14(25-5-3-4-6-25)20(26)9-18-8-15-7-16(10-22-19(15)12-21-18)17-11-23-24(2)13-17/h7-8,10-14H,3-6,9H2,1-2H3. The third kappa shape index (κ3) is 3.37. The Morgan fingerprint density at radius 1 is 1.12 bits per heavy atom. The van der Waals surface area contributed by atoms with Crippen molar-refractivity contribution in [3.8, 4) is 11.1 Å². The summed E-state index contributed by atoms with van der Waals surface area (Å²) in [6.45, 7) is 4.06. The molecule has 0 aromatic carbocycles. The van der Waals surface area contributed by atoms with Crippen molar-refractivity contribution in [2.45, 2.75) is 32.2 Å². The second kappa shape index (κ2) is 6.96. The minimum Gasteiger partial charge on any atom is -0.298 e. The summed E-state index contributed by atoms with van der Waals surface area (Å²) >= 11 is 0. The van der Waals surface area contributed by atoms with Crippen molar-refractivity contribution in [3.05, 3.63) is 42.6 Å². The average Bonchev–Trinajstić information content (AvgIpc) is 3.32. The fraction of sp³-hybridized carbons (Fsp3) is 0.400. The van der Waals surface area contributed by atoms with Crippen LogP contribution in [0.25, 0.3) is 22.0 Å². The third-order valence-electron chi connectivity index (χ3n) is 5.17. The number of ketones is 1. The predicted molar refractivity (Wildman–Crippen MR) is 101 cm³/mol. The van der Waals surface area contributed by atoms with Crippen molar-refractivity contribution in [1.29, 1.82) is 0 Å². The van der Waals surface area contributed by atoms with E-state index in [4.69, 9.17) is 0 Å². The number of rotatable bonds is 5. The Labute approximate surface area is 152 Å². The molecule has 4 rings (SSSR count). The molecule has 0 radical (unpaired) electrons. The molecule has 1 fully saturated rings. The Morgan fingerprint density at radius 3 is 2.65 bits per heavy atom. The van der Waals surface area contributed by atoms with Crippen LogP contribution in [0.2, 0.25) is 0 Å². The summed E-state index contributed by atoms with van der Waals surface area (Å²) in [5.41, 5.74) is 3.68. The van der Waals surface area contributed by atoms with Gasteiger partial charge < -0.3 is 0 Å². The molecular weight excluding hydrogens is 326 g/mol. The van der Waals surface area contributed by atoms with E-state index in [0.29, 0.717) is 6.42 Å². The van der Waals surface area contributed by atoms with Crippen LogP contribution < -0.4 is 0 Å². The summed E-state index contributed by atoms with van der Waals surface area (Å²) in [5, 5.41) is 5.21. The summed E-state index contributed by atoms with van der Waals surface area (Å²) in [4.78, 5) is 23.8. The smallest absolute Gasteiger partial charge is 0.155 e. The molecule has 134 valence electrons. The molecule has 3 aromatic rings. The van der Waals surface area contributed by atoms with E-state index in [1.165, 1.54) is 12.8 Å². The minimum absolute atomic E-state index is 0.0325. The Morgan fingerprint density at radius 2 is 1.92 bits per heavy atom. The number of carbonyl (C=O) groups is 1. The van der Waals surface area contributed by atoms with E-state index in [1.807, 2.05) is 38.6 Å². The lowest BCUT2D eigenvalue weighted by atomic mass is 10.1. The van der Waals surface area contributed by atoms with Gasteiger partial charge in [0.25, 0.3) is 0 Å². The number of nitrogens with zero attached hydrogens (tertiary/aromatic N) is 5. The number of carbonyl (C=O) groups excluding carboxylic acids is 1. The minimum atomic E-state index is -0.0325. The maximum atomic E-state index is 12.6. The monoisotopic (exact) mass is 349 g/mol. The Bertz CT molecular complexity index is 942. The number of Topliss-reactive ketones (excluding diaryl/α,β-unsaturated/α-hetero) is 1. The van der Waals surface area contributed by atoms with E-state index >= 15 is 0 Å². The second-order valence-electron chi connectivity index (χ2n) is 7.06. The highest BCUT2D eigenvalue weighted by molar-refractivity contribution is 5.87. The first-order chi connectivity index (χ1) is 12.6. The second-order valence-corrected chi connectivity index (χ2v) is 7.06. The first kappa shape index (κ1) is 16.8. The van der Waals surface area contributed by atoms with Crippen molar-refractivity contribution in [2.24, 2.45) is 7.05 Å². The van der Waals surface area contributed by atoms with Crippen LogP contribution in [0, 0.1) is 0 Å². The van der Waals surface area contributed by atoms with Crippen molar-refractivity contribution in [3.63, 3.8) is 0 Å². The number of fused-ring (bicyclic) bond motifs is 1. The van der Waals surface area contributed by atoms with Crippen LogP contribution >= 0.6 is 0 Å². The van der Waals surface area contributed by atoms with Gasteiger partial charge in [-0.15, -0.1) is 0 Å². The van der Waals surface area contributed by atoms with Crippen LogP contribution in [0.1, 0.15) is 25.5 Å². The van der Waals surface area contributed by atoms with Gasteiger partial charge in [0.1, 0.15) is 0 Å². The summed E-state index contributed by atoms with van der Waals surface area (Å²) in [6, 6.07) is 4.03. The predicted octanol–water partition coefficient (Wildman–Crippen LogP) is 2.63. The molecular formula is C20H23N5O. The maximum absolute atomic E-state index is 12.6. The van der Waals surface area contributed by atoms with Crippen LogP contribution in [-0.2, 0) is 18.3 Å². The van der Waals surface area contributed by atoms with Crippen LogP contribution in [0.15, 0.2) is 36.9 Å². The molecule has 0 aliphatic carbocycles. The lowest BCUT2D eigenvalue weighted by Gasteiger charge is -2.22. The number of aromatic nitrogens is 4. The van der Waals surface area contributed by atoms with E-state index in [0.717, 1.165) is 40.8 Å². The topological polar surface area (TPSA) is 63.9 Å². The molecule has 3 aromatic heterocycles. The summed E-state index contributed by atoms with van der Waals surface area (Å²) in [5.74, 6) is 0.232. The molecule has 0 saturated carbocycles. The van der Waals surface area contributed by atoms with Crippen LogP contribution in [-0.4, -0.2) is 49.6 Å². The van der Waals surface area contributed by atoms with E-state index in [2.05, 4.69) is 26.0 Å². The summed E-state index contributed by atoms with van der Waals surface area (Å²) in [6.07, 6.45) is 10.1. The molecule has 6 nitrogen and oxygen atoms in total. The lowest BCUT2D eigenvalue weighted by molar-refractivity contribution is -0.122. The largest absolute Gasteiger partial charge is 0.298 e. The highest BCUT2D eigenvalue weighted by Crippen LogP contribution is 2.22. The molecule has 1 atom stereocenters. The van der Waals surface area contributed by atoms with Gasteiger partial charge in [-0.1, -0.05) is 0 Å². The number of likely N-dealkylation sites (tertiary alicyclic amines) is 1. The maximum Gasteiger partial charge on any atom is 0.155 e. The normalized spacial score (nSPS) is 16.2. The molecule has 1 aliphatic heterocycles. The molecule has 0 amide bonds. The SMILES string of the molecule is CC(C(=O)Cc1cc2cc(-c3cnn(C)c3)cnc2cn1)N1CCCC1. The van der Waals surface area contributed by atoms with Crippen LogP contribution in [0.4, 0.5) is 0 Å². The van der Waals surface area contributed by atoms with Gasteiger partial charge in [0.05, 0.1) is 30.4 Å². The fourth-order valence-electron chi connectivity index (χ4n) is 3.56. The summed E-state index contributed by atoms with van der Waals surface area (Å²) in [7, 11) is 1.90. The summed E-state index contributed by atoms with van der Waals surface area (Å²) < 4.78 is 1.77. The van der Waals surface area contributed by atoms with Crippen LogP contribution in [0.3, 0.4) is 0 Å². The van der Waals surface area contributed by atoms with E-state index in [1.54, 1.807) is 10.9 Å². The van der Waals surface area contributed by atoms with Crippen molar-refractivity contribution >= 4 is 16.7 Å². The van der Waals surface area contributed by atoms with Gasteiger partial charge in [-0.25, -0.2) is 0 Å². The fourth-order valence-corrected chi connectivity index (χ4v) is 3.56. The van der Waals surface area contributed by atoms with Gasteiger partial charge in [-0.3, -0.25) is 24.3 Å². The Balaban J connectivity index is 1.57. The van der Waals surface area contributed by atoms with E-state index in [-0.39, 0.29) is 11.8 Å². The molecule has 0 N–H and O–H groups in total. The third-order valence-corrected chi connectivity index (χ3v) is 5.17. The molecule has 1 aliphatic rings. The zero-order valence-corrected chi connectivity index (χ0v) is 15.2. The Hall–Kier alpha value is -2.60. The van der Waals surface area contributed by atoms with Gasteiger partial charge >= 0.3 is 0 Å². The van der Waals surface area contributed by atoms with E-state index in [9.17, 15) is 4.79 Å². The molecule has 0 bridgehead atoms. The number of hydrogen-bond acceptors (Lipinski definition) is 5. The van der Waals surface area contributed by atoms with Crippen molar-refractivity contribution < 1.29 is 4.79 Å². The van der Waals surface area contributed by atoms with Gasteiger partial charge in [-0.2, -0.15) is 5.10 Å². The Kier molecular flexibility index (Phi) is 4.51. The molecule has 26 heavy (non-hydrogen) atoms. The van der Waals surface area contributed by atoms with Gasteiger partial charge in [0, 0.05) is 41.6 Å². The van der Waals surface area contributed by atoms with E-state index < -0.39 is 0 Å². The highest BCUT2D eigenvalue weighted by atomic mass is 16.1. The first-order valence-electron chi connectivity index (χ1n) is 9.10. The van der Waals surface area contributed by atoms with Crippen molar-refractivity contribution in [1.82, 2.24) is 24.6 Å². The molecule has 6 heteroatoms. The highest BCUT2D eigenvalue weighted by Gasteiger charge is 2.24. The molecule has 4 heterocycles. The first-order valence-corrected chi connectivity index (χ1v) is 9.10. The van der Waals surface area contributed by atoms with Gasteiger partial charge in [-0.05, 0) is 45.0 Å². The number of pyridine rings is 2. The van der Waals surface area contributed by atoms with Crippen molar-refractivity contribution in [2.75, 3.05) is 13.1 Å². The molecule has 1 unspecified atom stereocenters. The zero-order chi connectivity index (χ0) is 18.1. The number of hydrogen-bond donors (Lipinski definition) is 0. The van der Waals surface area contributed by atoms with Crippen LogP contribution in [0.5, 0.6) is 0 Å². The molecule has 0 spiro atoms. The van der Waals surface area contributed by atoms with Gasteiger partial charge in [0.15, 0.2) is 5.78 Å². The molecule has 1 saturated heterocycles. The lowest BCUT2D eigenvalue weighted by Crippen LogP contribution is -2.37. The zero-order valence-electron chi connectivity index (χ0n) is 15.2. The number of aryl methyl sites for hydroxylation is 1. The average molecular weight is 349 g/mol.